The second-order valence-corrected chi connectivity index (χ2v) is 6.01. The Balaban J connectivity index is 2.82. The molecule has 6 nitrogen and oxygen atoms in total. The smallest absolute Gasteiger partial charge is 0.326 e. The van der Waals surface area contributed by atoms with E-state index in [0.29, 0.717) is 6.42 Å². The first-order valence-electron chi connectivity index (χ1n) is 7.58. The van der Waals surface area contributed by atoms with E-state index in [1.807, 2.05) is 44.2 Å². The molecular weight excluding hydrogens is 298 g/mol. The number of carbonyl (C=O) groups excluding carboxylic acids is 1. The van der Waals surface area contributed by atoms with Crippen LogP contribution in [0.3, 0.4) is 0 Å². The Hall–Kier alpha value is -2.37. The molecule has 3 N–H and O–H groups in total. The Labute approximate surface area is 135 Å². The highest BCUT2D eigenvalue weighted by molar-refractivity contribution is 5.87. The van der Waals surface area contributed by atoms with Crippen LogP contribution in [-0.2, 0) is 20.8 Å². The van der Waals surface area contributed by atoms with Crippen LogP contribution in [-0.4, -0.2) is 34.1 Å². The molecule has 0 aromatic heterocycles. The number of amides is 1. The van der Waals surface area contributed by atoms with Gasteiger partial charge >= 0.3 is 11.9 Å². The fourth-order valence-corrected chi connectivity index (χ4v) is 2.35. The van der Waals surface area contributed by atoms with Gasteiger partial charge in [0.05, 0.1) is 12.3 Å². The summed E-state index contributed by atoms with van der Waals surface area (Å²) < 4.78 is 0. The van der Waals surface area contributed by atoms with Gasteiger partial charge in [0.25, 0.3) is 0 Å². The maximum absolute atomic E-state index is 12.3. The topological polar surface area (TPSA) is 104 Å². The number of nitrogens with one attached hydrogen (secondary N) is 1. The van der Waals surface area contributed by atoms with Crippen LogP contribution in [0.2, 0.25) is 0 Å². The third-order valence-electron chi connectivity index (χ3n) is 3.44. The van der Waals surface area contributed by atoms with Gasteiger partial charge in [-0.2, -0.15) is 0 Å². The average Bonchev–Trinajstić information content (AvgIpc) is 2.45. The molecule has 2 atom stereocenters. The number of carboxylic acid groups (broad SMARTS) is 2. The Morgan fingerprint density at radius 1 is 1.09 bits per heavy atom. The van der Waals surface area contributed by atoms with E-state index in [1.54, 1.807) is 0 Å². The van der Waals surface area contributed by atoms with Crippen molar-refractivity contribution in [2.45, 2.75) is 39.2 Å². The van der Waals surface area contributed by atoms with Gasteiger partial charge in [0, 0.05) is 0 Å². The predicted molar refractivity (Wildman–Crippen MR) is 84.9 cm³/mol. The summed E-state index contributed by atoms with van der Waals surface area (Å²) in [5, 5.41) is 20.7. The van der Waals surface area contributed by atoms with Crippen LogP contribution < -0.4 is 5.32 Å². The molecule has 0 saturated heterocycles. The minimum absolute atomic E-state index is 0.100. The molecule has 6 heteroatoms. The van der Waals surface area contributed by atoms with Crippen molar-refractivity contribution in [1.82, 2.24) is 5.32 Å². The molecule has 0 aliphatic carbocycles. The van der Waals surface area contributed by atoms with Crippen molar-refractivity contribution in [3.05, 3.63) is 35.9 Å². The molecule has 23 heavy (non-hydrogen) atoms. The van der Waals surface area contributed by atoms with Crippen molar-refractivity contribution in [3.63, 3.8) is 0 Å². The lowest BCUT2D eigenvalue weighted by Crippen LogP contribution is -2.45. The molecule has 0 spiro atoms. The number of hydrogen-bond donors (Lipinski definition) is 3. The van der Waals surface area contributed by atoms with Crippen molar-refractivity contribution in [2.75, 3.05) is 0 Å². The molecule has 0 aliphatic heterocycles. The third-order valence-corrected chi connectivity index (χ3v) is 3.44. The monoisotopic (exact) mass is 321 g/mol. The number of aliphatic carboxylic acids is 2. The summed E-state index contributed by atoms with van der Waals surface area (Å²) in [6.45, 7) is 3.72. The minimum atomic E-state index is -1.11. The lowest BCUT2D eigenvalue weighted by Gasteiger charge is -2.20. The molecule has 0 bridgehead atoms. The van der Waals surface area contributed by atoms with Gasteiger partial charge in [-0.15, -0.1) is 0 Å². The van der Waals surface area contributed by atoms with Crippen LogP contribution in [0, 0.1) is 11.8 Å². The minimum Gasteiger partial charge on any atom is -0.481 e. The Morgan fingerprint density at radius 3 is 2.17 bits per heavy atom. The maximum Gasteiger partial charge on any atom is 0.326 e. The molecule has 0 aliphatic rings. The van der Waals surface area contributed by atoms with Crippen LogP contribution >= 0.6 is 0 Å². The second-order valence-electron chi connectivity index (χ2n) is 6.01. The molecule has 0 saturated carbocycles. The van der Waals surface area contributed by atoms with Crippen molar-refractivity contribution in [2.24, 2.45) is 11.8 Å². The Bertz CT molecular complexity index is 541. The normalized spacial score (nSPS) is 13.3. The summed E-state index contributed by atoms with van der Waals surface area (Å²) in [5.41, 5.74) is 0.838. The molecule has 1 rings (SSSR count). The van der Waals surface area contributed by atoms with Crippen molar-refractivity contribution in [1.29, 1.82) is 0 Å². The van der Waals surface area contributed by atoms with Gasteiger partial charge in [-0.05, 0) is 24.3 Å². The highest BCUT2D eigenvalue weighted by atomic mass is 16.4. The molecule has 1 aromatic carbocycles. The second kappa shape index (κ2) is 8.92. The zero-order valence-electron chi connectivity index (χ0n) is 13.4. The van der Waals surface area contributed by atoms with E-state index >= 15 is 0 Å². The molecular formula is C17H23NO5. The summed E-state index contributed by atoms with van der Waals surface area (Å²) >= 11 is 0. The standard InChI is InChI=1S/C17H23NO5/c1-11(2)8-14(17(22)23)18-16(21)13(10-15(19)20)9-12-6-4-3-5-7-12/h3-7,11,13-14H,8-10H2,1-2H3,(H,18,21)(H,19,20)(H,22,23)/t13-,14+/m0/s1. The van der Waals surface area contributed by atoms with Crippen molar-refractivity contribution in [3.8, 4) is 0 Å². The van der Waals surface area contributed by atoms with Gasteiger partial charge in [-0.1, -0.05) is 44.2 Å². The Kier molecular flexibility index (Phi) is 7.25. The van der Waals surface area contributed by atoms with Gasteiger partial charge < -0.3 is 15.5 Å². The van der Waals surface area contributed by atoms with E-state index in [0.717, 1.165) is 5.56 Å². The summed E-state index contributed by atoms with van der Waals surface area (Å²) in [6, 6.07) is 8.07. The summed E-state index contributed by atoms with van der Waals surface area (Å²) in [6.07, 6.45) is 0.216. The van der Waals surface area contributed by atoms with Crippen molar-refractivity contribution < 1.29 is 24.6 Å². The molecule has 0 heterocycles. The number of carbonyl (C=O) groups is 3. The van der Waals surface area contributed by atoms with Gasteiger partial charge in [-0.25, -0.2) is 4.79 Å². The predicted octanol–water partition coefficient (Wildman–Crippen LogP) is 1.94. The van der Waals surface area contributed by atoms with Crippen LogP contribution in [0.5, 0.6) is 0 Å². The quantitative estimate of drug-likeness (QED) is 0.645. The fourth-order valence-electron chi connectivity index (χ4n) is 2.35. The molecule has 0 radical (unpaired) electrons. The number of carboxylic acids is 2. The SMILES string of the molecule is CC(C)C[C@@H](NC(=O)[C@H](CC(=O)O)Cc1ccccc1)C(=O)O. The lowest BCUT2D eigenvalue weighted by atomic mass is 9.94. The first-order chi connectivity index (χ1) is 10.8. The summed E-state index contributed by atoms with van der Waals surface area (Å²) in [7, 11) is 0. The van der Waals surface area contributed by atoms with E-state index in [1.165, 1.54) is 0 Å². The fraction of sp³-hybridized carbons (Fsp3) is 0.471. The first-order valence-corrected chi connectivity index (χ1v) is 7.58. The lowest BCUT2D eigenvalue weighted by molar-refractivity contribution is -0.144. The molecule has 126 valence electrons. The van der Waals surface area contributed by atoms with E-state index in [-0.39, 0.29) is 18.8 Å². The van der Waals surface area contributed by atoms with Gasteiger partial charge in [0.1, 0.15) is 6.04 Å². The molecule has 1 aromatic rings. The molecule has 0 fully saturated rings. The number of rotatable bonds is 9. The van der Waals surface area contributed by atoms with E-state index < -0.39 is 29.8 Å². The molecule has 0 unspecified atom stereocenters. The Morgan fingerprint density at radius 2 is 1.70 bits per heavy atom. The maximum atomic E-state index is 12.3. The zero-order chi connectivity index (χ0) is 17.4. The van der Waals surface area contributed by atoms with Gasteiger partial charge in [0.2, 0.25) is 5.91 Å². The number of benzene rings is 1. The van der Waals surface area contributed by atoms with Crippen LogP contribution in [0.25, 0.3) is 0 Å². The largest absolute Gasteiger partial charge is 0.481 e. The van der Waals surface area contributed by atoms with Crippen molar-refractivity contribution >= 4 is 17.8 Å². The van der Waals surface area contributed by atoms with Gasteiger partial charge in [-0.3, -0.25) is 9.59 Å². The number of hydrogen-bond acceptors (Lipinski definition) is 3. The summed E-state index contributed by atoms with van der Waals surface area (Å²) in [4.78, 5) is 34.6. The highest BCUT2D eigenvalue weighted by Gasteiger charge is 2.27. The highest BCUT2D eigenvalue weighted by Crippen LogP contribution is 2.14. The van der Waals surface area contributed by atoms with E-state index in [9.17, 15) is 19.5 Å². The first kappa shape index (κ1) is 18.7. The van der Waals surface area contributed by atoms with E-state index in [4.69, 9.17) is 5.11 Å². The third kappa shape index (κ3) is 6.95. The van der Waals surface area contributed by atoms with Crippen LogP contribution in [0.1, 0.15) is 32.3 Å². The zero-order valence-corrected chi connectivity index (χ0v) is 13.4. The van der Waals surface area contributed by atoms with E-state index in [2.05, 4.69) is 5.32 Å². The summed E-state index contributed by atoms with van der Waals surface area (Å²) in [5.74, 6) is -3.44. The van der Waals surface area contributed by atoms with Gasteiger partial charge in [0.15, 0.2) is 0 Å². The molecule has 1 amide bonds. The van der Waals surface area contributed by atoms with Crippen LogP contribution in [0.15, 0.2) is 30.3 Å². The average molecular weight is 321 g/mol. The van der Waals surface area contributed by atoms with Crippen LogP contribution in [0.4, 0.5) is 0 Å².